The lowest BCUT2D eigenvalue weighted by Crippen LogP contribution is -2.21. The fraction of sp³-hybridized carbons (Fsp3) is 0.929. The molecule has 0 bridgehead atoms. The predicted octanol–water partition coefficient (Wildman–Crippen LogP) is 4.45. The molecule has 0 rings (SSSR count). The Balaban J connectivity index is 4.16. The van der Waals surface area contributed by atoms with Crippen molar-refractivity contribution in [1.29, 1.82) is 0 Å². The highest BCUT2D eigenvalue weighted by atomic mass is 16.1. The van der Waals surface area contributed by atoms with Gasteiger partial charge >= 0.3 is 0 Å². The van der Waals surface area contributed by atoms with E-state index < -0.39 is 0 Å². The Morgan fingerprint density at radius 1 is 1.20 bits per heavy atom. The van der Waals surface area contributed by atoms with Crippen LogP contribution in [0.4, 0.5) is 0 Å². The number of hydrogen-bond acceptors (Lipinski definition) is 1. The van der Waals surface area contributed by atoms with Crippen LogP contribution in [0, 0.1) is 17.8 Å². The summed E-state index contributed by atoms with van der Waals surface area (Å²) in [5.41, 5.74) is 0. The molecular weight excluding hydrogens is 184 g/mol. The van der Waals surface area contributed by atoms with Crippen molar-refractivity contribution in [2.75, 3.05) is 0 Å². The van der Waals surface area contributed by atoms with Crippen LogP contribution < -0.4 is 0 Å². The molecule has 0 aromatic carbocycles. The van der Waals surface area contributed by atoms with E-state index in [9.17, 15) is 4.79 Å². The van der Waals surface area contributed by atoms with Crippen molar-refractivity contribution >= 4 is 5.78 Å². The van der Waals surface area contributed by atoms with Gasteiger partial charge in [0.2, 0.25) is 0 Å². The minimum absolute atomic E-state index is 0.284. The topological polar surface area (TPSA) is 17.1 Å². The van der Waals surface area contributed by atoms with E-state index in [1.54, 1.807) is 6.92 Å². The number of carbonyl (C=O) groups excluding carboxylic acids is 1. The Bertz CT molecular complexity index is 172. The number of hydrogen-bond donors (Lipinski definition) is 0. The summed E-state index contributed by atoms with van der Waals surface area (Å²) in [6.45, 7) is 10.6. The van der Waals surface area contributed by atoms with E-state index in [2.05, 4.69) is 27.7 Å². The van der Waals surface area contributed by atoms with Crippen LogP contribution in [0.1, 0.15) is 66.7 Å². The van der Waals surface area contributed by atoms with Gasteiger partial charge in [0.25, 0.3) is 0 Å². The third-order valence-electron chi connectivity index (χ3n) is 3.46. The van der Waals surface area contributed by atoms with Crippen molar-refractivity contribution < 1.29 is 4.79 Å². The Morgan fingerprint density at radius 3 is 2.13 bits per heavy atom. The number of unbranched alkanes of at least 4 members (excludes halogenated alkanes) is 1. The molecule has 2 atom stereocenters. The maximum absolute atomic E-state index is 11.5. The van der Waals surface area contributed by atoms with Gasteiger partial charge in [-0.05, 0) is 25.2 Å². The van der Waals surface area contributed by atoms with Crippen LogP contribution in [0.25, 0.3) is 0 Å². The first-order valence-electron chi connectivity index (χ1n) is 6.53. The molecule has 0 N–H and O–H groups in total. The zero-order valence-corrected chi connectivity index (χ0v) is 11.2. The molecule has 1 heteroatoms. The molecule has 0 aromatic heterocycles. The fourth-order valence-corrected chi connectivity index (χ4v) is 2.25. The smallest absolute Gasteiger partial charge is 0.133 e. The average molecular weight is 212 g/mol. The molecule has 0 saturated carbocycles. The van der Waals surface area contributed by atoms with Gasteiger partial charge < -0.3 is 0 Å². The monoisotopic (exact) mass is 212 g/mol. The molecule has 0 aliphatic carbocycles. The van der Waals surface area contributed by atoms with Crippen LogP contribution in [0.15, 0.2) is 0 Å². The highest BCUT2D eigenvalue weighted by Gasteiger charge is 2.21. The Morgan fingerprint density at radius 2 is 1.80 bits per heavy atom. The summed E-state index contributed by atoms with van der Waals surface area (Å²) in [5, 5.41) is 0. The largest absolute Gasteiger partial charge is 0.300 e. The first kappa shape index (κ1) is 14.7. The molecule has 1 nitrogen and oxygen atoms in total. The summed E-state index contributed by atoms with van der Waals surface area (Å²) >= 11 is 0. The van der Waals surface area contributed by atoms with E-state index in [0.717, 1.165) is 12.3 Å². The molecule has 2 unspecified atom stereocenters. The molecule has 0 radical (unpaired) electrons. The summed E-state index contributed by atoms with van der Waals surface area (Å²) in [5.74, 6) is 1.91. The van der Waals surface area contributed by atoms with E-state index in [1.165, 1.54) is 25.7 Å². The summed E-state index contributed by atoms with van der Waals surface area (Å²) in [4.78, 5) is 11.5. The highest BCUT2D eigenvalue weighted by molar-refractivity contribution is 5.78. The van der Waals surface area contributed by atoms with E-state index in [0.29, 0.717) is 11.7 Å². The molecule has 90 valence electrons. The third kappa shape index (κ3) is 5.96. The molecule has 0 heterocycles. The second-order valence-corrected chi connectivity index (χ2v) is 5.11. The summed E-state index contributed by atoms with van der Waals surface area (Å²) in [6.07, 6.45) is 6.19. The van der Waals surface area contributed by atoms with Gasteiger partial charge in [0.05, 0.1) is 0 Å². The van der Waals surface area contributed by atoms with Crippen molar-refractivity contribution in [3.05, 3.63) is 0 Å². The van der Waals surface area contributed by atoms with Crippen LogP contribution in [0.2, 0.25) is 0 Å². The maximum Gasteiger partial charge on any atom is 0.133 e. The number of carbonyl (C=O) groups is 1. The number of rotatable bonds is 8. The lowest BCUT2D eigenvalue weighted by atomic mass is 9.81. The van der Waals surface area contributed by atoms with E-state index in [-0.39, 0.29) is 5.92 Å². The van der Waals surface area contributed by atoms with Gasteiger partial charge in [0.15, 0.2) is 0 Å². The van der Waals surface area contributed by atoms with Gasteiger partial charge in [-0.3, -0.25) is 4.79 Å². The summed E-state index contributed by atoms with van der Waals surface area (Å²) < 4.78 is 0. The first-order valence-corrected chi connectivity index (χ1v) is 6.53. The average Bonchev–Trinajstić information content (AvgIpc) is 2.17. The molecule has 0 spiro atoms. The van der Waals surface area contributed by atoms with Gasteiger partial charge in [-0.15, -0.1) is 0 Å². The molecule has 0 saturated heterocycles. The maximum atomic E-state index is 11.5. The zero-order chi connectivity index (χ0) is 11.8. The zero-order valence-electron chi connectivity index (χ0n) is 11.2. The first-order chi connectivity index (χ1) is 7.02. The minimum atomic E-state index is 0.284. The van der Waals surface area contributed by atoms with Crippen LogP contribution >= 0.6 is 0 Å². The van der Waals surface area contributed by atoms with Crippen LogP contribution in [0.5, 0.6) is 0 Å². The molecule has 0 aromatic rings. The van der Waals surface area contributed by atoms with E-state index >= 15 is 0 Å². The minimum Gasteiger partial charge on any atom is -0.300 e. The van der Waals surface area contributed by atoms with Gasteiger partial charge in [0.1, 0.15) is 5.78 Å². The normalized spacial score (nSPS) is 15.3. The number of ketones is 1. The van der Waals surface area contributed by atoms with E-state index in [4.69, 9.17) is 0 Å². The molecule has 15 heavy (non-hydrogen) atoms. The SMILES string of the molecule is CCCCC(CC)CC(C(C)=O)C(C)C. The Labute approximate surface area is 95.6 Å². The molecule has 0 aliphatic rings. The van der Waals surface area contributed by atoms with Crippen molar-refractivity contribution in [1.82, 2.24) is 0 Å². The Kier molecular flexibility index (Phi) is 7.72. The van der Waals surface area contributed by atoms with Gasteiger partial charge in [-0.2, -0.15) is 0 Å². The van der Waals surface area contributed by atoms with Crippen LogP contribution in [-0.2, 0) is 4.79 Å². The number of Topliss-reactive ketones (excluding diaryl/α,β-unsaturated/α-hetero) is 1. The Hall–Kier alpha value is -0.330. The molecule has 0 fully saturated rings. The van der Waals surface area contributed by atoms with Crippen molar-refractivity contribution in [3.63, 3.8) is 0 Å². The quantitative estimate of drug-likeness (QED) is 0.581. The lowest BCUT2D eigenvalue weighted by molar-refractivity contribution is -0.122. The highest BCUT2D eigenvalue weighted by Crippen LogP contribution is 2.26. The standard InChI is InChI=1S/C14H28O/c1-6-8-9-13(7-2)10-14(11(3)4)12(5)15/h11,13-14H,6-10H2,1-5H3. The second kappa shape index (κ2) is 7.90. The fourth-order valence-electron chi connectivity index (χ4n) is 2.25. The predicted molar refractivity (Wildman–Crippen MR) is 66.9 cm³/mol. The van der Waals surface area contributed by atoms with Gasteiger partial charge in [0, 0.05) is 5.92 Å². The lowest BCUT2D eigenvalue weighted by Gasteiger charge is -2.23. The second-order valence-electron chi connectivity index (χ2n) is 5.11. The van der Waals surface area contributed by atoms with Crippen LogP contribution in [-0.4, -0.2) is 5.78 Å². The molecule has 0 aliphatic heterocycles. The van der Waals surface area contributed by atoms with E-state index in [1.807, 2.05) is 0 Å². The third-order valence-corrected chi connectivity index (χ3v) is 3.46. The van der Waals surface area contributed by atoms with Crippen molar-refractivity contribution in [2.45, 2.75) is 66.7 Å². The van der Waals surface area contributed by atoms with Crippen molar-refractivity contribution in [3.8, 4) is 0 Å². The summed E-state index contributed by atoms with van der Waals surface area (Å²) in [7, 11) is 0. The van der Waals surface area contributed by atoms with Crippen LogP contribution in [0.3, 0.4) is 0 Å². The summed E-state index contributed by atoms with van der Waals surface area (Å²) in [6, 6.07) is 0. The van der Waals surface area contributed by atoms with Crippen molar-refractivity contribution in [2.24, 2.45) is 17.8 Å². The van der Waals surface area contributed by atoms with Gasteiger partial charge in [-0.25, -0.2) is 0 Å². The van der Waals surface area contributed by atoms with Gasteiger partial charge in [-0.1, -0.05) is 53.4 Å². The molecular formula is C14H28O. The molecule has 0 amide bonds.